The third-order valence-electron chi connectivity index (χ3n) is 3.36. The number of benzene rings is 1. The van der Waals surface area contributed by atoms with Gasteiger partial charge in [-0.05, 0) is 19.1 Å². The summed E-state index contributed by atoms with van der Waals surface area (Å²) in [6, 6.07) is 5.52. The summed E-state index contributed by atoms with van der Waals surface area (Å²) in [5, 5.41) is 11.1. The van der Waals surface area contributed by atoms with E-state index in [0.717, 1.165) is 4.90 Å². The van der Waals surface area contributed by atoms with Crippen molar-refractivity contribution >= 4 is 35.5 Å². The number of carbonyl (C=O) groups excluding carboxylic acids is 3. The van der Waals surface area contributed by atoms with Gasteiger partial charge in [0, 0.05) is 12.3 Å². The predicted octanol–water partition coefficient (Wildman–Crippen LogP) is 0.605. The van der Waals surface area contributed by atoms with Gasteiger partial charge in [0.2, 0.25) is 5.91 Å². The van der Waals surface area contributed by atoms with Crippen LogP contribution in [-0.2, 0) is 9.59 Å². The first-order chi connectivity index (χ1) is 10.9. The molecule has 1 heterocycles. The molecule has 0 spiro atoms. The molecule has 1 unspecified atom stereocenters. The summed E-state index contributed by atoms with van der Waals surface area (Å²) in [5.74, 6) is -1.92. The lowest BCUT2D eigenvalue weighted by Gasteiger charge is -2.21. The average Bonchev–Trinajstić information content (AvgIpc) is 2.78. The Morgan fingerprint density at radius 1 is 1.22 bits per heavy atom. The van der Waals surface area contributed by atoms with Crippen molar-refractivity contribution in [2.75, 3.05) is 18.1 Å². The van der Waals surface area contributed by atoms with Gasteiger partial charge in [-0.3, -0.25) is 24.1 Å². The molecule has 1 aromatic rings. The van der Waals surface area contributed by atoms with Crippen LogP contribution in [-0.4, -0.2) is 57.8 Å². The number of carboxylic acids is 1. The molecular weight excluding hydrogens is 320 g/mol. The maximum absolute atomic E-state index is 12.3. The summed E-state index contributed by atoms with van der Waals surface area (Å²) < 4.78 is 0. The Kier molecular flexibility index (Phi) is 5.38. The molecule has 0 saturated carbocycles. The highest BCUT2D eigenvalue weighted by molar-refractivity contribution is 7.99. The van der Waals surface area contributed by atoms with Crippen LogP contribution < -0.4 is 5.32 Å². The highest BCUT2D eigenvalue weighted by Gasteiger charge is 2.40. The van der Waals surface area contributed by atoms with Gasteiger partial charge in [0.15, 0.2) is 0 Å². The molecule has 0 bridgehead atoms. The number of carboxylic acid groups (broad SMARTS) is 1. The first-order valence-electron chi connectivity index (χ1n) is 6.97. The van der Waals surface area contributed by atoms with Crippen molar-refractivity contribution in [3.05, 3.63) is 35.4 Å². The molecule has 0 aromatic heterocycles. The van der Waals surface area contributed by atoms with Crippen molar-refractivity contribution in [1.29, 1.82) is 0 Å². The molecule has 0 fully saturated rings. The molecule has 3 amide bonds. The Bertz CT molecular complexity index is 626. The minimum Gasteiger partial charge on any atom is -0.481 e. The zero-order chi connectivity index (χ0) is 17.0. The van der Waals surface area contributed by atoms with E-state index < -0.39 is 29.7 Å². The van der Waals surface area contributed by atoms with E-state index in [0.29, 0.717) is 16.9 Å². The molecule has 23 heavy (non-hydrogen) atoms. The average molecular weight is 336 g/mol. The summed E-state index contributed by atoms with van der Waals surface area (Å²) in [4.78, 5) is 47.9. The summed E-state index contributed by atoms with van der Waals surface area (Å²) in [7, 11) is 0. The zero-order valence-electron chi connectivity index (χ0n) is 12.4. The molecule has 8 heteroatoms. The highest BCUT2D eigenvalue weighted by Crippen LogP contribution is 2.24. The van der Waals surface area contributed by atoms with Gasteiger partial charge in [-0.2, -0.15) is 0 Å². The fraction of sp³-hybridized carbons (Fsp3) is 0.333. The van der Waals surface area contributed by atoms with E-state index in [1.165, 1.54) is 18.7 Å². The van der Waals surface area contributed by atoms with E-state index in [9.17, 15) is 19.2 Å². The van der Waals surface area contributed by atoms with Crippen molar-refractivity contribution in [3.8, 4) is 0 Å². The SMILES string of the molecule is CC(C(=O)NCCSCC(=O)O)N1C(=O)c2ccccc2C1=O. The third kappa shape index (κ3) is 3.70. The van der Waals surface area contributed by atoms with Gasteiger partial charge in [0.25, 0.3) is 11.8 Å². The molecule has 1 aliphatic heterocycles. The molecule has 0 saturated heterocycles. The molecular formula is C15H16N2O5S. The first-order valence-corrected chi connectivity index (χ1v) is 8.13. The molecule has 2 rings (SSSR count). The van der Waals surface area contributed by atoms with Crippen LogP contribution >= 0.6 is 11.8 Å². The topological polar surface area (TPSA) is 104 Å². The van der Waals surface area contributed by atoms with Crippen LogP contribution in [0.2, 0.25) is 0 Å². The van der Waals surface area contributed by atoms with Crippen LogP contribution in [0.4, 0.5) is 0 Å². The largest absolute Gasteiger partial charge is 0.481 e. The standard InChI is InChI=1S/C15H16N2O5S/c1-9(13(20)16-6-7-23-8-12(18)19)17-14(21)10-4-2-3-5-11(10)15(17)22/h2-5,9H,6-8H2,1H3,(H,16,20)(H,18,19). The van der Waals surface area contributed by atoms with Crippen LogP contribution in [0.15, 0.2) is 24.3 Å². The molecule has 7 nitrogen and oxygen atoms in total. The van der Waals surface area contributed by atoms with Gasteiger partial charge in [-0.25, -0.2) is 0 Å². The maximum Gasteiger partial charge on any atom is 0.313 e. The van der Waals surface area contributed by atoms with Crippen LogP contribution in [0, 0.1) is 0 Å². The number of nitrogens with zero attached hydrogens (tertiary/aromatic N) is 1. The lowest BCUT2D eigenvalue weighted by atomic mass is 10.1. The Morgan fingerprint density at radius 3 is 2.30 bits per heavy atom. The normalized spacial score (nSPS) is 14.6. The number of aliphatic carboxylic acids is 1. The smallest absolute Gasteiger partial charge is 0.313 e. The van der Waals surface area contributed by atoms with Gasteiger partial charge in [-0.15, -0.1) is 11.8 Å². The van der Waals surface area contributed by atoms with E-state index in [-0.39, 0.29) is 12.3 Å². The lowest BCUT2D eigenvalue weighted by molar-refractivity contribution is -0.133. The number of amides is 3. The highest BCUT2D eigenvalue weighted by atomic mass is 32.2. The van der Waals surface area contributed by atoms with E-state index in [1.54, 1.807) is 24.3 Å². The monoisotopic (exact) mass is 336 g/mol. The van der Waals surface area contributed by atoms with Gasteiger partial charge >= 0.3 is 5.97 Å². The lowest BCUT2D eigenvalue weighted by Crippen LogP contribution is -2.48. The second-order valence-electron chi connectivity index (χ2n) is 4.94. The van der Waals surface area contributed by atoms with Crippen molar-refractivity contribution in [2.45, 2.75) is 13.0 Å². The fourth-order valence-electron chi connectivity index (χ4n) is 2.23. The number of fused-ring (bicyclic) bond motifs is 1. The third-order valence-corrected chi connectivity index (χ3v) is 4.31. The Labute approximate surface area is 137 Å². The molecule has 2 N–H and O–H groups in total. The Hall–Kier alpha value is -2.35. The number of thioether (sulfide) groups is 1. The Balaban J connectivity index is 1.92. The summed E-state index contributed by atoms with van der Waals surface area (Å²) in [6.07, 6.45) is 0. The van der Waals surface area contributed by atoms with Crippen LogP contribution in [0.5, 0.6) is 0 Å². The van der Waals surface area contributed by atoms with Crippen molar-refractivity contribution in [1.82, 2.24) is 10.2 Å². The minimum atomic E-state index is -0.924. The summed E-state index contributed by atoms with van der Waals surface area (Å²) >= 11 is 1.18. The van der Waals surface area contributed by atoms with Crippen LogP contribution in [0.3, 0.4) is 0 Å². The number of nitrogens with one attached hydrogen (secondary N) is 1. The van der Waals surface area contributed by atoms with Crippen molar-refractivity contribution in [3.63, 3.8) is 0 Å². The molecule has 1 aromatic carbocycles. The number of hydrogen-bond acceptors (Lipinski definition) is 5. The van der Waals surface area contributed by atoms with E-state index in [2.05, 4.69) is 5.32 Å². The zero-order valence-corrected chi connectivity index (χ0v) is 13.3. The second-order valence-corrected chi connectivity index (χ2v) is 6.04. The first kappa shape index (κ1) is 17.0. The second kappa shape index (κ2) is 7.28. The Morgan fingerprint density at radius 2 is 1.78 bits per heavy atom. The van der Waals surface area contributed by atoms with Crippen molar-refractivity contribution < 1.29 is 24.3 Å². The summed E-state index contributed by atoms with van der Waals surface area (Å²) in [6.45, 7) is 1.76. The van der Waals surface area contributed by atoms with Crippen LogP contribution in [0.1, 0.15) is 27.6 Å². The predicted molar refractivity (Wildman–Crippen MR) is 84.4 cm³/mol. The number of imide groups is 1. The van der Waals surface area contributed by atoms with E-state index in [1.807, 2.05) is 0 Å². The maximum atomic E-state index is 12.3. The molecule has 0 aliphatic carbocycles. The number of rotatable bonds is 7. The molecule has 0 radical (unpaired) electrons. The quantitative estimate of drug-likeness (QED) is 0.558. The van der Waals surface area contributed by atoms with Crippen molar-refractivity contribution in [2.24, 2.45) is 0 Å². The van der Waals surface area contributed by atoms with E-state index in [4.69, 9.17) is 5.11 Å². The summed E-state index contributed by atoms with van der Waals surface area (Å²) in [5.41, 5.74) is 0.600. The number of carbonyl (C=O) groups is 4. The number of hydrogen-bond donors (Lipinski definition) is 2. The van der Waals surface area contributed by atoms with Gasteiger partial charge in [0.1, 0.15) is 6.04 Å². The van der Waals surface area contributed by atoms with Gasteiger partial charge < -0.3 is 10.4 Å². The van der Waals surface area contributed by atoms with Gasteiger partial charge in [-0.1, -0.05) is 12.1 Å². The fourth-order valence-corrected chi connectivity index (χ4v) is 2.80. The van der Waals surface area contributed by atoms with E-state index >= 15 is 0 Å². The minimum absolute atomic E-state index is 0.0379. The van der Waals surface area contributed by atoms with Crippen LogP contribution in [0.25, 0.3) is 0 Å². The molecule has 1 aliphatic rings. The van der Waals surface area contributed by atoms with Gasteiger partial charge in [0.05, 0.1) is 16.9 Å². The molecule has 1 atom stereocenters. The molecule has 122 valence electrons.